The van der Waals surface area contributed by atoms with Crippen LogP contribution in [0.2, 0.25) is 5.02 Å². The standard InChI is InChI=1S/C14H15ClN2O2/c1-3-19-14(18)10-8-13(16-9(10)2)17-12-7-5-4-6-11(12)15/h4-8,16-17H,3H2,1-2H3. The second-order valence-electron chi connectivity index (χ2n) is 4.05. The Hall–Kier alpha value is -1.94. The number of halogens is 1. The summed E-state index contributed by atoms with van der Waals surface area (Å²) in [5.74, 6) is 0.372. The molecule has 1 aromatic carbocycles. The molecule has 2 aromatic rings. The van der Waals surface area contributed by atoms with Gasteiger partial charge in [-0.3, -0.25) is 0 Å². The molecule has 0 saturated carbocycles. The van der Waals surface area contributed by atoms with E-state index < -0.39 is 0 Å². The summed E-state index contributed by atoms with van der Waals surface area (Å²) in [6.07, 6.45) is 0. The Balaban J connectivity index is 2.21. The van der Waals surface area contributed by atoms with E-state index in [-0.39, 0.29) is 5.97 Å². The van der Waals surface area contributed by atoms with Gasteiger partial charge < -0.3 is 15.0 Å². The summed E-state index contributed by atoms with van der Waals surface area (Å²) in [6.45, 7) is 3.96. The predicted molar refractivity (Wildman–Crippen MR) is 76.2 cm³/mol. The van der Waals surface area contributed by atoms with Crippen molar-refractivity contribution in [2.24, 2.45) is 0 Å². The van der Waals surface area contributed by atoms with Gasteiger partial charge in [0.05, 0.1) is 22.9 Å². The molecule has 0 unspecified atom stereocenters. The monoisotopic (exact) mass is 278 g/mol. The quantitative estimate of drug-likeness (QED) is 0.834. The van der Waals surface area contributed by atoms with Crippen molar-refractivity contribution < 1.29 is 9.53 Å². The highest BCUT2D eigenvalue weighted by atomic mass is 35.5. The Labute approximate surface area is 116 Å². The maximum atomic E-state index is 11.7. The number of esters is 1. The SMILES string of the molecule is CCOC(=O)c1cc(Nc2ccccc2Cl)[nH]c1C. The number of benzene rings is 1. The molecular formula is C14H15ClN2O2. The van der Waals surface area contributed by atoms with Gasteiger partial charge in [-0.15, -0.1) is 0 Å². The fourth-order valence-electron chi connectivity index (χ4n) is 1.75. The smallest absolute Gasteiger partial charge is 0.340 e. The van der Waals surface area contributed by atoms with Gasteiger partial charge in [-0.1, -0.05) is 23.7 Å². The molecule has 0 atom stereocenters. The highest BCUT2D eigenvalue weighted by Gasteiger charge is 2.14. The van der Waals surface area contributed by atoms with E-state index in [0.717, 1.165) is 11.4 Å². The van der Waals surface area contributed by atoms with Crippen LogP contribution in [0.5, 0.6) is 0 Å². The number of carbonyl (C=O) groups excluding carboxylic acids is 1. The molecule has 0 spiro atoms. The van der Waals surface area contributed by atoms with E-state index in [1.807, 2.05) is 25.1 Å². The van der Waals surface area contributed by atoms with Gasteiger partial charge in [-0.2, -0.15) is 0 Å². The van der Waals surface area contributed by atoms with Gasteiger partial charge in [-0.05, 0) is 32.0 Å². The van der Waals surface area contributed by atoms with E-state index in [1.54, 1.807) is 19.1 Å². The maximum Gasteiger partial charge on any atom is 0.340 e. The minimum atomic E-state index is -0.330. The molecule has 0 radical (unpaired) electrons. The molecule has 100 valence electrons. The topological polar surface area (TPSA) is 54.1 Å². The Bertz CT molecular complexity index is 593. The van der Waals surface area contributed by atoms with Crippen molar-refractivity contribution in [3.8, 4) is 0 Å². The van der Waals surface area contributed by atoms with Crippen LogP contribution < -0.4 is 5.32 Å². The van der Waals surface area contributed by atoms with Crippen molar-refractivity contribution >= 4 is 29.1 Å². The molecule has 0 aliphatic carbocycles. The molecule has 1 heterocycles. The third kappa shape index (κ3) is 3.09. The fourth-order valence-corrected chi connectivity index (χ4v) is 1.94. The van der Waals surface area contributed by atoms with Gasteiger partial charge in [0.2, 0.25) is 0 Å². The van der Waals surface area contributed by atoms with Crippen LogP contribution in [0.1, 0.15) is 23.0 Å². The lowest BCUT2D eigenvalue weighted by atomic mass is 10.2. The average molecular weight is 279 g/mol. The molecule has 1 aromatic heterocycles. The molecule has 2 N–H and O–H groups in total. The summed E-state index contributed by atoms with van der Waals surface area (Å²) >= 11 is 6.06. The Morgan fingerprint density at radius 1 is 1.42 bits per heavy atom. The first-order valence-electron chi connectivity index (χ1n) is 6.00. The molecule has 0 aliphatic heterocycles. The lowest BCUT2D eigenvalue weighted by molar-refractivity contribution is 0.0526. The number of carbonyl (C=O) groups is 1. The molecule has 2 rings (SSSR count). The normalized spacial score (nSPS) is 10.3. The number of hydrogen-bond acceptors (Lipinski definition) is 3. The first-order valence-corrected chi connectivity index (χ1v) is 6.38. The van der Waals surface area contributed by atoms with Crippen LogP contribution in [0.4, 0.5) is 11.5 Å². The second kappa shape index (κ2) is 5.80. The summed E-state index contributed by atoms with van der Waals surface area (Å²) in [6, 6.07) is 9.12. The number of H-pyrrole nitrogens is 1. The Kier molecular flexibility index (Phi) is 4.12. The Morgan fingerprint density at radius 3 is 2.84 bits per heavy atom. The molecule has 0 amide bonds. The van der Waals surface area contributed by atoms with Gasteiger partial charge >= 0.3 is 5.97 Å². The van der Waals surface area contributed by atoms with E-state index >= 15 is 0 Å². The summed E-state index contributed by atoms with van der Waals surface area (Å²) in [7, 11) is 0. The fraction of sp³-hybridized carbons (Fsp3) is 0.214. The lowest BCUT2D eigenvalue weighted by Crippen LogP contribution is -2.04. The van der Waals surface area contributed by atoms with Gasteiger partial charge in [0, 0.05) is 5.69 Å². The van der Waals surface area contributed by atoms with Crippen LogP contribution >= 0.6 is 11.6 Å². The number of hydrogen-bond donors (Lipinski definition) is 2. The van der Waals surface area contributed by atoms with Gasteiger partial charge in [0.1, 0.15) is 5.82 Å². The first-order chi connectivity index (χ1) is 9.11. The van der Waals surface area contributed by atoms with Gasteiger partial charge in [0.15, 0.2) is 0 Å². The highest BCUT2D eigenvalue weighted by molar-refractivity contribution is 6.33. The molecule has 0 aliphatic rings. The van der Waals surface area contributed by atoms with Crippen molar-refractivity contribution in [1.82, 2.24) is 4.98 Å². The number of aromatic amines is 1. The Morgan fingerprint density at radius 2 is 2.16 bits per heavy atom. The largest absolute Gasteiger partial charge is 0.462 e. The maximum absolute atomic E-state index is 11.7. The molecule has 0 saturated heterocycles. The number of aryl methyl sites for hydroxylation is 1. The van der Waals surface area contributed by atoms with Crippen LogP contribution in [0.3, 0.4) is 0 Å². The number of para-hydroxylation sites is 1. The number of ether oxygens (including phenoxy) is 1. The van der Waals surface area contributed by atoms with E-state index in [2.05, 4.69) is 10.3 Å². The van der Waals surface area contributed by atoms with E-state index in [1.165, 1.54) is 0 Å². The third-order valence-corrected chi connectivity index (χ3v) is 2.98. The van der Waals surface area contributed by atoms with Crippen LogP contribution in [-0.4, -0.2) is 17.6 Å². The van der Waals surface area contributed by atoms with Crippen LogP contribution in [0, 0.1) is 6.92 Å². The van der Waals surface area contributed by atoms with Gasteiger partial charge in [-0.25, -0.2) is 4.79 Å². The molecule has 5 heteroatoms. The zero-order chi connectivity index (χ0) is 13.8. The summed E-state index contributed by atoms with van der Waals surface area (Å²) in [4.78, 5) is 14.8. The number of anilines is 2. The number of aromatic nitrogens is 1. The number of nitrogens with one attached hydrogen (secondary N) is 2. The lowest BCUT2D eigenvalue weighted by Gasteiger charge is -2.05. The number of rotatable bonds is 4. The van der Waals surface area contributed by atoms with Gasteiger partial charge in [0.25, 0.3) is 0 Å². The van der Waals surface area contributed by atoms with Crippen LogP contribution in [-0.2, 0) is 4.74 Å². The van der Waals surface area contributed by atoms with Crippen molar-refractivity contribution in [3.63, 3.8) is 0 Å². The zero-order valence-corrected chi connectivity index (χ0v) is 11.5. The minimum Gasteiger partial charge on any atom is -0.462 e. The average Bonchev–Trinajstić information content (AvgIpc) is 2.74. The highest BCUT2D eigenvalue weighted by Crippen LogP contribution is 2.25. The third-order valence-electron chi connectivity index (χ3n) is 2.65. The minimum absolute atomic E-state index is 0.330. The van der Waals surface area contributed by atoms with E-state index in [9.17, 15) is 4.79 Å². The van der Waals surface area contributed by atoms with E-state index in [0.29, 0.717) is 23.0 Å². The molecule has 0 fully saturated rings. The zero-order valence-electron chi connectivity index (χ0n) is 10.8. The summed E-state index contributed by atoms with van der Waals surface area (Å²) < 4.78 is 4.98. The molecule has 4 nitrogen and oxygen atoms in total. The van der Waals surface area contributed by atoms with Crippen molar-refractivity contribution in [3.05, 3.63) is 46.6 Å². The first kappa shape index (κ1) is 13.5. The molecule has 19 heavy (non-hydrogen) atoms. The predicted octanol–water partition coefficient (Wildman–Crippen LogP) is 3.90. The summed E-state index contributed by atoms with van der Waals surface area (Å²) in [5, 5.41) is 3.75. The van der Waals surface area contributed by atoms with Crippen molar-refractivity contribution in [1.29, 1.82) is 0 Å². The second-order valence-corrected chi connectivity index (χ2v) is 4.45. The van der Waals surface area contributed by atoms with E-state index in [4.69, 9.17) is 16.3 Å². The van der Waals surface area contributed by atoms with Crippen LogP contribution in [0.25, 0.3) is 0 Å². The van der Waals surface area contributed by atoms with Crippen molar-refractivity contribution in [2.75, 3.05) is 11.9 Å². The molecule has 0 bridgehead atoms. The van der Waals surface area contributed by atoms with Crippen molar-refractivity contribution in [2.45, 2.75) is 13.8 Å². The molecular weight excluding hydrogens is 264 g/mol. The summed E-state index contributed by atoms with van der Waals surface area (Å²) in [5.41, 5.74) is 2.06. The van der Waals surface area contributed by atoms with Crippen LogP contribution in [0.15, 0.2) is 30.3 Å².